The van der Waals surface area contributed by atoms with Crippen LogP contribution in [0.2, 0.25) is 5.15 Å². The molecular weight excluding hydrogens is 392 g/mol. The first-order valence-electron chi connectivity index (χ1n) is 8.43. The molecule has 0 spiro atoms. The van der Waals surface area contributed by atoms with Gasteiger partial charge in [0.2, 0.25) is 0 Å². The van der Waals surface area contributed by atoms with Gasteiger partial charge in [-0.05, 0) is 44.5 Å². The number of pyridine rings is 1. The van der Waals surface area contributed by atoms with Gasteiger partial charge in [-0.2, -0.15) is 0 Å². The molecule has 1 fully saturated rings. The minimum Gasteiger partial charge on any atom is -0.389 e. The second-order valence-electron chi connectivity index (χ2n) is 5.80. The van der Waals surface area contributed by atoms with Gasteiger partial charge in [0.15, 0.2) is 0 Å². The number of rotatable bonds is 6. The fourth-order valence-electron chi connectivity index (χ4n) is 2.50. The number of piperidine rings is 1. The fraction of sp³-hybridized carbons (Fsp3) is 0.611. The van der Waals surface area contributed by atoms with Crippen molar-refractivity contribution in [2.75, 3.05) is 33.4 Å². The minimum atomic E-state index is -0.312. The second kappa shape index (κ2) is 12.8. The SMILES string of the molecule is CC/C=C(/Br)c1ccc(Cl)nc1.COCC(O)CN1CCCCC1. The minimum absolute atomic E-state index is 0.312. The van der Waals surface area contributed by atoms with Crippen molar-refractivity contribution >= 4 is 32.0 Å². The smallest absolute Gasteiger partial charge is 0.129 e. The van der Waals surface area contributed by atoms with Crippen LogP contribution in [-0.2, 0) is 4.74 Å². The molecule has 0 saturated carbocycles. The van der Waals surface area contributed by atoms with Crippen molar-refractivity contribution in [3.63, 3.8) is 0 Å². The summed E-state index contributed by atoms with van der Waals surface area (Å²) in [5.41, 5.74) is 1.06. The van der Waals surface area contributed by atoms with E-state index in [1.165, 1.54) is 19.3 Å². The third-order valence-corrected chi connectivity index (χ3v) is 4.67. The molecule has 1 saturated heterocycles. The van der Waals surface area contributed by atoms with E-state index in [9.17, 15) is 5.11 Å². The largest absolute Gasteiger partial charge is 0.389 e. The van der Waals surface area contributed by atoms with Gasteiger partial charge in [-0.3, -0.25) is 0 Å². The molecule has 1 aromatic rings. The summed E-state index contributed by atoms with van der Waals surface area (Å²) in [5, 5.41) is 9.96. The Hall–Kier alpha value is -0.460. The van der Waals surface area contributed by atoms with E-state index in [0.29, 0.717) is 11.8 Å². The molecule has 1 atom stereocenters. The zero-order chi connectivity index (χ0) is 17.8. The van der Waals surface area contributed by atoms with E-state index in [4.69, 9.17) is 16.3 Å². The van der Waals surface area contributed by atoms with Gasteiger partial charge < -0.3 is 14.7 Å². The summed E-state index contributed by atoms with van der Waals surface area (Å²) in [6.07, 6.45) is 8.43. The third kappa shape index (κ3) is 9.14. The average molecular weight is 420 g/mol. The van der Waals surface area contributed by atoms with Crippen LogP contribution in [0.1, 0.15) is 38.2 Å². The van der Waals surface area contributed by atoms with E-state index in [1.54, 1.807) is 19.4 Å². The van der Waals surface area contributed by atoms with Gasteiger partial charge >= 0.3 is 0 Å². The molecule has 0 radical (unpaired) electrons. The number of hydrogen-bond acceptors (Lipinski definition) is 4. The average Bonchev–Trinajstić information content (AvgIpc) is 2.57. The van der Waals surface area contributed by atoms with Crippen molar-refractivity contribution in [1.82, 2.24) is 9.88 Å². The summed E-state index contributed by atoms with van der Waals surface area (Å²) in [7, 11) is 1.62. The van der Waals surface area contributed by atoms with Gasteiger partial charge in [-0.15, -0.1) is 0 Å². The van der Waals surface area contributed by atoms with Crippen molar-refractivity contribution in [3.8, 4) is 0 Å². The van der Waals surface area contributed by atoms with Gasteiger partial charge in [-0.25, -0.2) is 4.98 Å². The van der Waals surface area contributed by atoms with E-state index < -0.39 is 0 Å². The van der Waals surface area contributed by atoms with Crippen LogP contribution in [0.25, 0.3) is 4.48 Å². The standard InChI is InChI=1S/C9H9BrClN.C9H19NO2/c1-2-3-8(10)7-4-5-9(11)12-6-7;1-12-8-9(11)7-10-5-3-2-4-6-10/h3-6H,2H2,1H3;9,11H,2-8H2,1H3/b8-3+;. The van der Waals surface area contributed by atoms with Crippen molar-refractivity contribution in [3.05, 3.63) is 35.1 Å². The van der Waals surface area contributed by atoms with Gasteiger partial charge in [0, 0.05) is 29.9 Å². The molecule has 2 heterocycles. The predicted molar refractivity (Wildman–Crippen MR) is 105 cm³/mol. The summed E-state index contributed by atoms with van der Waals surface area (Å²) in [6.45, 7) is 5.59. The Morgan fingerprint density at radius 3 is 2.67 bits per heavy atom. The first-order chi connectivity index (χ1) is 11.6. The molecule has 1 unspecified atom stereocenters. The number of aliphatic hydroxyl groups excluding tert-OH is 1. The molecule has 6 heteroatoms. The zero-order valence-electron chi connectivity index (χ0n) is 14.5. The van der Waals surface area contributed by atoms with Gasteiger partial charge in [0.1, 0.15) is 5.15 Å². The number of β-amino-alcohol motifs (C(OH)–C–C–N with tert-alkyl or cyclic N) is 1. The first-order valence-corrected chi connectivity index (χ1v) is 9.60. The van der Waals surface area contributed by atoms with Crippen LogP contribution in [0.5, 0.6) is 0 Å². The number of likely N-dealkylation sites (tertiary alicyclic amines) is 1. The molecule has 136 valence electrons. The summed E-state index contributed by atoms with van der Waals surface area (Å²) < 4.78 is 5.93. The van der Waals surface area contributed by atoms with Crippen LogP contribution in [0.15, 0.2) is 24.4 Å². The highest BCUT2D eigenvalue weighted by Crippen LogP contribution is 2.21. The number of aromatic nitrogens is 1. The Morgan fingerprint density at radius 2 is 2.12 bits per heavy atom. The van der Waals surface area contributed by atoms with E-state index in [0.717, 1.165) is 36.1 Å². The highest BCUT2D eigenvalue weighted by Gasteiger charge is 2.13. The molecule has 1 N–H and O–H groups in total. The van der Waals surface area contributed by atoms with Crippen molar-refractivity contribution in [2.24, 2.45) is 0 Å². The van der Waals surface area contributed by atoms with Crippen LogP contribution < -0.4 is 0 Å². The lowest BCUT2D eigenvalue weighted by atomic mass is 10.1. The lowest BCUT2D eigenvalue weighted by Gasteiger charge is -2.28. The number of methoxy groups -OCH3 is 1. The van der Waals surface area contributed by atoms with E-state index in [1.807, 2.05) is 6.07 Å². The highest BCUT2D eigenvalue weighted by molar-refractivity contribution is 9.15. The number of nitrogens with zero attached hydrogens (tertiary/aromatic N) is 2. The number of ether oxygens (including phenoxy) is 1. The molecule has 1 aliphatic heterocycles. The maximum atomic E-state index is 9.43. The van der Waals surface area contributed by atoms with Gasteiger partial charge in [-0.1, -0.05) is 47.0 Å². The Morgan fingerprint density at radius 1 is 1.42 bits per heavy atom. The number of halogens is 2. The summed E-state index contributed by atoms with van der Waals surface area (Å²) in [5.74, 6) is 0. The first kappa shape index (κ1) is 21.6. The van der Waals surface area contributed by atoms with E-state index in [2.05, 4.69) is 38.8 Å². The van der Waals surface area contributed by atoms with Crippen molar-refractivity contribution in [1.29, 1.82) is 0 Å². The van der Waals surface area contributed by atoms with Crippen molar-refractivity contribution in [2.45, 2.75) is 38.7 Å². The van der Waals surface area contributed by atoms with Crippen LogP contribution in [0.4, 0.5) is 0 Å². The molecule has 0 aliphatic carbocycles. The quantitative estimate of drug-likeness (QED) is 0.696. The number of allylic oxidation sites excluding steroid dienone is 1. The molecule has 2 rings (SSSR count). The molecule has 24 heavy (non-hydrogen) atoms. The number of aliphatic hydroxyl groups is 1. The van der Waals surface area contributed by atoms with Crippen LogP contribution >= 0.6 is 27.5 Å². The van der Waals surface area contributed by atoms with Crippen LogP contribution in [-0.4, -0.2) is 54.4 Å². The molecule has 0 aromatic carbocycles. The van der Waals surface area contributed by atoms with E-state index in [-0.39, 0.29) is 6.10 Å². The molecule has 1 aliphatic rings. The molecule has 4 nitrogen and oxygen atoms in total. The predicted octanol–water partition coefficient (Wildman–Crippen LogP) is 4.36. The van der Waals surface area contributed by atoms with Gasteiger partial charge in [0.25, 0.3) is 0 Å². The van der Waals surface area contributed by atoms with E-state index >= 15 is 0 Å². The maximum absolute atomic E-state index is 9.43. The zero-order valence-corrected chi connectivity index (χ0v) is 16.9. The maximum Gasteiger partial charge on any atom is 0.129 e. The normalized spacial score (nSPS) is 17.1. The molecule has 1 aromatic heterocycles. The summed E-state index contributed by atoms with van der Waals surface area (Å²) >= 11 is 9.10. The van der Waals surface area contributed by atoms with Gasteiger partial charge in [0.05, 0.1) is 12.7 Å². The Bertz CT molecular complexity index is 476. The summed E-state index contributed by atoms with van der Waals surface area (Å²) in [6, 6.07) is 3.72. The van der Waals surface area contributed by atoms with Crippen LogP contribution in [0, 0.1) is 0 Å². The monoisotopic (exact) mass is 418 g/mol. The van der Waals surface area contributed by atoms with Crippen LogP contribution in [0.3, 0.4) is 0 Å². The summed E-state index contributed by atoms with van der Waals surface area (Å²) in [4.78, 5) is 6.29. The third-order valence-electron chi connectivity index (χ3n) is 3.66. The Labute approximate surface area is 159 Å². The molecular formula is C18H28BrClN2O2. The lowest BCUT2D eigenvalue weighted by molar-refractivity contribution is 0.0335. The molecule has 0 amide bonds. The highest BCUT2D eigenvalue weighted by atomic mass is 79.9. The number of hydrogen-bond donors (Lipinski definition) is 1. The Balaban J connectivity index is 0.000000240. The van der Waals surface area contributed by atoms with Crippen molar-refractivity contribution < 1.29 is 9.84 Å². The second-order valence-corrected chi connectivity index (χ2v) is 7.04. The lowest BCUT2D eigenvalue weighted by Crippen LogP contribution is -2.37. The Kier molecular flexibility index (Phi) is 11.5. The topological polar surface area (TPSA) is 45.6 Å². The fourth-order valence-corrected chi connectivity index (χ4v) is 3.17. The molecule has 0 bridgehead atoms.